The molecule has 2 N–H and O–H groups in total. The summed E-state index contributed by atoms with van der Waals surface area (Å²) >= 11 is 1.17. The first-order chi connectivity index (χ1) is 15.4. The van der Waals surface area contributed by atoms with Gasteiger partial charge in [-0.15, -0.1) is 0 Å². The van der Waals surface area contributed by atoms with Crippen molar-refractivity contribution >= 4 is 39.9 Å². The molecule has 3 heterocycles. The fourth-order valence-corrected chi connectivity index (χ4v) is 4.55. The summed E-state index contributed by atoms with van der Waals surface area (Å²) in [6.45, 7) is 1.52. The fourth-order valence-electron chi connectivity index (χ4n) is 3.66. The van der Waals surface area contributed by atoms with Crippen LogP contribution in [0.1, 0.15) is 29.8 Å². The van der Waals surface area contributed by atoms with E-state index in [9.17, 15) is 14.4 Å². The van der Waals surface area contributed by atoms with Crippen molar-refractivity contribution in [2.75, 3.05) is 33.0 Å². The van der Waals surface area contributed by atoms with E-state index in [0.29, 0.717) is 15.5 Å². The van der Waals surface area contributed by atoms with Gasteiger partial charge in [-0.1, -0.05) is 11.3 Å². The number of methoxy groups -OCH3 is 2. The molecule has 1 aliphatic carbocycles. The maximum Gasteiger partial charge on any atom is 0.283 e. The van der Waals surface area contributed by atoms with Gasteiger partial charge in [-0.25, -0.2) is 0 Å². The SMILES string of the molecule is COC1=CC(=Cc2c(N)n3nc(CC(=O)N4CCCCC4)sc3nc2=O)C=C(OC)C1=O. The Kier molecular flexibility index (Phi) is 6.08. The van der Waals surface area contributed by atoms with Crippen LogP contribution in [0.3, 0.4) is 0 Å². The molecule has 1 amide bonds. The van der Waals surface area contributed by atoms with Crippen LogP contribution in [0.4, 0.5) is 5.82 Å². The number of likely N-dealkylation sites (tertiary alicyclic amines) is 1. The standard InChI is InChI=1S/C21H23N5O5S/c1-30-14-9-12(10-15(31-2)18(14)28)8-13-19(22)26-21(23-20(13)29)32-16(24-26)11-17(27)25-6-4-3-5-7-25/h8-10H,3-7,11,22H2,1-2H3. The average molecular weight is 458 g/mol. The molecule has 2 aromatic rings. The molecule has 2 aliphatic rings. The molecule has 1 fully saturated rings. The number of anilines is 1. The minimum absolute atomic E-state index is 0.00829. The quantitative estimate of drug-likeness (QED) is 0.712. The summed E-state index contributed by atoms with van der Waals surface area (Å²) < 4.78 is 11.6. The molecule has 168 valence electrons. The molecule has 0 aromatic carbocycles. The number of allylic oxidation sites excluding steroid dienone is 3. The Morgan fingerprint density at radius 1 is 1.16 bits per heavy atom. The minimum atomic E-state index is -0.538. The van der Waals surface area contributed by atoms with Crippen LogP contribution >= 0.6 is 11.3 Å². The molecule has 0 radical (unpaired) electrons. The van der Waals surface area contributed by atoms with Crippen LogP contribution in [0.5, 0.6) is 0 Å². The summed E-state index contributed by atoms with van der Waals surface area (Å²) in [4.78, 5) is 43.6. The van der Waals surface area contributed by atoms with Crippen LogP contribution in [0.25, 0.3) is 11.0 Å². The lowest BCUT2D eigenvalue weighted by atomic mass is 10.0. The zero-order chi connectivity index (χ0) is 22.8. The lowest BCUT2D eigenvalue weighted by Crippen LogP contribution is -2.36. The lowest BCUT2D eigenvalue weighted by molar-refractivity contribution is -0.131. The Hall–Kier alpha value is -3.47. The predicted octanol–water partition coefficient (Wildman–Crippen LogP) is 1.31. The third kappa shape index (κ3) is 4.15. The normalized spacial score (nSPS) is 16.6. The Morgan fingerprint density at radius 2 is 1.81 bits per heavy atom. The topological polar surface area (TPSA) is 129 Å². The number of nitrogens with zero attached hydrogens (tertiary/aromatic N) is 4. The summed E-state index contributed by atoms with van der Waals surface area (Å²) in [5.74, 6) is -0.134. The highest BCUT2D eigenvalue weighted by molar-refractivity contribution is 7.16. The number of ketones is 1. The van der Waals surface area contributed by atoms with Crippen molar-refractivity contribution in [1.82, 2.24) is 19.5 Å². The van der Waals surface area contributed by atoms with Gasteiger partial charge < -0.3 is 20.1 Å². The molecule has 1 saturated heterocycles. The van der Waals surface area contributed by atoms with E-state index in [0.717, 1.165) is 32.4 Å². The molecule has 11 heteroatoms. The summed E-state index contributed by atoms with van der Waals surface area (Å²) in [7, 11) is 2.75. The number of fused-ring (bicyclic) bond motifs is 1. The molecule has 4 rings (SSSR count). The van der Waals surface area contributed by atoms with Gasteiger partial charge in [0, 0.05) is 13.1 Å². The van der Waals surface area contributed by atoms with Crippen molar-refractivity contribution in [1.29, 1.82) is 0 Å². The van der Waals surface area contributed by atoms with Crippen molar-refractivity contribution < 1.29 is 19.1 Å². The van der Waals surface area contributed by atoms with Gasteiger partial charge in [0.1, 0.15) is 10.8 Å². The number of piperidine rings is 1. The molecular weight excluding hydrogens is 434 g/mol. The number of nitrogen functional groups attached to an aromatic ring is 1. The van der Waals surface area contributed by atoms with Crippen LogP contribution < -0.4 is 11.3 Å². The van der Waals surface area contributed by atoms with Gasteiger partial charge in [-0.3, -0.25) is 14.4 Å². The summed E-state index contributed by atoms with van der Waals surface area (Å²) in [6, 6.07) is 0. The number of hydrogen-bond acceptors (Lipinski definition) is 9. The first-order valence-electron chi connectivity index (χ1n) is 10.1. The van der Waals surface area contributed by atoms with Gasteiger partial charge in [-0.2, -0.15) is 14.6 Å². The molecule has 0 saturated carbocycles. The van der Waals surface area contributed by atoms with Crippen molar-refractivity contribution in [3.05, 3.63) is 50.2 Å². The highest BCUT2D eigenvalue weighted by atomic mass is 32.1. The number of nitrogens with two attached hydrogens (primary N) is 1. The van der Waals surface area contributed by atoms with Gasteiger partial charge in [0.05, 0.1) is 26.2 Å². The Bertz CT molecular complexity index is 1210. The number of Topliss-reactive ketones (excluding diaryl/α,β-unsaturated/α-hetero) is 1. The van der Waals surface area contributed by atoms with Crippen molar-refractivity contribution in [2.24, 2.45) is 0 Å². The number of amides is 1. The van der Waals surface area contributed by atoms with Crippen LogP contribution in [0.15, 0.2) is 34.0 Å². The zero-order valence-corrected chi connectivity index (χ0v) is 18.6. The fraction of sp³-hybridized carbons (Fsp3) is 0.381. The van der Waals surface area contributed by atoms with Gasteiger partial charge in [0.25, 0.3) is 11.3 Å². The number of aromatic nitrogens is 3. The molecule has 0 unspecified atom stereocenters. The van der Waals surface area contributed by atoms with E-state index in [2.05, 4.69) is 10.1 Å². The number of hydrogen-bond donors (Lipinski definition) is 1. The van der Waals surface area contributed by atoms with E-state index in [-0.39, 0.29) is 35.2 Å². The second-order valence-electron chi connectivity index (χ2n) is 7.42. The molecular formula is C21H23N5O5S. The van der Waals surface area contributed by atoms with Crippen molar-refractivity contribution in [3.63, 3.8) is 0 Å². The van der Waals surface area contributed by atoms with Gasteiger partial charge in [-0.05, 0) is 43.1 Å². The number of carbonyl (C=O) groups excluding carboxylic acids is 2. The zero-order valence-electron chi connectivity index (χ0n) is 17.8. The summed E-state index contributed by atoms with van der Waals surface area (Å²) in [5.41, 5.74) is 6.31. The Morgan fingerprint density at radius 3 is 2.44 bits per heavy atom. The van der Waals surface area contributed by atoms with Crippen LogP contribution in [-0.4, -0.2) is 58.5 Å². The monoisotopic (exact) mass is 457 g/mol. The van der Waals surface area contributed by atoms with E-state index in [1.54, 1.807) is 0 Å². The largest absolute Gasteiger partial charge is 0.492 e. The molecule has 0 spiro atoms. The number of rotatable bonds is 5. The maximum absolute atomic E-state index is 12.7. The van der Waals surface area contributed by atoms with Crippen LogP contribution in [0.2, 0.25) is 0 Å². The van der Waals surface area contributed by atoms with E-state index in [1.807, 2.05) is 4.90 Å². The number of ether oxygens (including phenoxy) is 2. The average Bonchev–Trinajstić information content (AvgIpc) is 3.20. The van der Waals surface area contributed by atoms with Crippen LogP contribution in [-0.2, 0) is 25.5 Å². The molecule has 2 aromatic heterocycles. The third-order valence-electron chi connectivity index (χ3n) is 5.34. The summed E-state index contributed by atoms with van der Waals surface area (Å²) in [6.07, 6.45) is 7.78. The van der Waals surface area contributed by atoms with E-state index in [4.69, 9.17) is 15.2 Å². The molecule has 1 aliphatic heterocycles. The van der Waals surface area contributed by atoms with Crippen molar-refractivity contribution in [3.8, 4) is 0 Å². The van der Waals surface area contributed by atoms with E-state index < -0.39 is 11.3 Å². The smallest absolute Gasteiger partial charge is 0.283 e. The third-order valence-corrected chi connectivity index (χ3v) is 6.25. The first-order valence-corrected chi connectivity index (χ1v) is 11.0. The summed E-state index contributed by atoms with van der Waals surface area (Å²) in [5, 5.41) is 4.95. The van der Waals surface area contributed by atoms with E-state index >= 15 is 0 Å². The van der Waals surface area contributed by atoms with E-state index in [1.165, 1.54) is 48.3 Å². The second-order valence-corrected chi connectivity index (χ2v) is 8.46. The molecule has 0 bridgehead atoms. The second kappa shape index (κ2) is 8.95. The van der Waals surface area contributed by atoms with Gasteiger partial charge >= 0.3 is 0 Å². The maximum atomic E-state index is 12.7. The minimum Gasteiger partial charge on any atom is -0.492 e. The Labute approximate surface area is 187 Å². The Balaban J connectivity index is 1.68. The molecule has 0 atom stereocenters. The lowest BCUT2D eigenvalue weighted by Gasteiger charge is -2.26. The van der Waals surface area contributed by atoms with Gasteiger partial charge in [0.15, 0.2) is 11.5 Å². The highest BCUT2D eigenvalue weighted by Crippen LogP contribution is 2.24. The first kappa shape index (κ1) is 21.8. The highest BCUT2D eigenvalue weighted by Gasteiger charge is 2.23. The van der Waals surface area contributed by atoms with Crippen molar-refractivity contribution in [2.45, 2.75) is 25.7 Å². The van der Waals surface area contributed by atoms with Gasteiger partial charge in [0.2, 0.25) is 10.9 Å². The molecule has 10 nitrogen and oxygen atoms in total. The van der Waals surface area contributed by atoms with Crippen LogP contribution in [0, 0.1) is 0 Å². The molecule has 32 heavy (non-hydrogen) atoms. The number of carbonyl (C=O) groups is 2. The predicted molar refractivity (Wildman–Crippen MR) is 119 cm³/mol.